The van der Waals surface area contributed by atoms with Gasteiger partial charge in [0.1, 0.15) is 5.75 Å². The van der Waals surface area contributed by atoms with Crippen molar-refractivity contribution in [1.82, 2.24) is 0 Å². The summed E-state index contributed by atoms with van der Waals surface area (Å²) >= 11 is 0. The zero-order chi connectivity index (χ0) is 13.1. The summed E-state index contributed by atoms with van der Waals surface area (Å²) in [5.41, 5.74) is 1.23. The van der Waals surface area contributed by atoms with Crippen LogP contribution in [0.2, 0.25) is 0 Å². The Morgan fingerprint density at radius 3 is 2.53 bits per heavy atom. The molecule has 0 bridgehead atoms. The molecule has 0 spiro atoms. The molecule has 1 atom stereocenters. The number of benzene rings is 1. The number of allylic oxidation sites excluding steroid dienone is 1. The van der Waals surface area contributed by atoms with Gasteiger partial charge in [0.15, 0.2) is 0 Å². The van der Waals surface area contributed by atoms with Crippen LogP contribution in [-0.4, -0.2) is 6.36 Å². The molecule has 0 N–H and O–H groups in total. The first-order valence-corrected chi connectivity index (χ1v) is 5.22. The van der Waals surface area contributed by atoms with Crippen molar-refractivity contribution in [2.75, 3.05) is 0 Å². The number of hydrogen-bond acceptors (Lipinski definition) is 1. The molecule has 1 nitrogen and oxygen atoms in total. The average molecular weight is 243 g/mol. The van der Waals surface area contributed by atoms with Crippen LogP contribution < -0.4 is 4.74 Å². The lowest BCUT2D eigenvalue weighted by Gasteiger charge is -2.17. The summed E-state index contributed by atoms with van der Waals surface area (Å²) < 4.78 is 40.6. The van der Waals surface area contributed by atoms with Crippen molar-refractivity contribution in [2.24, 2.45) is 0 Å². The van der Waals surface area contributed by atoms with Gasteiger partial charge in [-0.2, -0.15) is 0 Å². The molecule has 0 aliphatic heterocycles. The van der Waals surface area contributed by atoms with Gasteiger partial charge in [-0.3, -0.25) is 0 Å². The Morgan fingerprint density at radius 1 is 1.41 bits per heavy atom. The summed E-state index contributed by atoms with van der Waals surface area (Å²) in [6.45, 7) is 9.18. The highest BCUT2D eigenvalue weighted by molar-refractivity contribution is 5.44. The molecule has 17 heavy (non-hydrogen) atoms. The van der Waals surface area contributed by atoms with Gasteiger partial charge in [0.25, 0.3) is 0 Å². The van der Waals surface area contributed by atoms with Gasteiger partial charge in [0.05, 0.1) is 0 Å². The van der Waals surface area contributed by atoms with Crippen molar-refractivity contribution in [1.29, 1.82) is 0 Å². The highest BCUT2D eigenvalue weighted by atomic mass is 19.4. The highest BCUT2D eigenvalue weighted by Crippen LogP contribution is 2.32. The van der Waals surface area contributed by atoms with E-state index in [2.05, 4.69) is 18.2 Å². The fraction of sp³-hybridized carbons (Fsp3) is 0.308. The second kappa shape index (κ2) is 5.25. The summed E-state index contributed by atoms with van der Waals surface area (Å²) in [5.74, 6) is -0.408. The van der Waals surface area contributed by atoms with Gasteiger partial charge in [0.2, 0.25) is 0 Å². The molecule has 93 valence electrons. The van der Waals surface area contributed by atoms with Gasteiger partial charge in [0, 0.05) is 5.92 Å². The van der Waals surface area contributed by atoms with Gasteiger partial charge < -0.3 is 4.74 Å². The van der Waals surface area contributed by atoms with Crippen LogP contribution in [0.15, 0.2) is 30.9 Å². The Hall–Kier alpha value is -1.45. The minimum Gasteiger partial charge on any atom is -0.405 e. The fourth-order valence-electron chi connectivity index (χ4n) is 1.66. The van der Waals surface area contributed by atoms with E-state index in [-0.39, 0.29) is 11.7 Å². The number of alkyl halides is 3. The van der Waals surface area contributed by atoms with Crippen LogP contribution in [0, 0.1) is 6.92 Å². The molecule has 1 aromatic rings. The third-order valence-electron chi connectivity index (χ3n) is 2.43. The van der Waals surface area contributed by atoms with Crippen LogP contribution in [0.25, 0.3) is 0 Å². The van der Waals surface area contributed by atoms with Crippen molar-refractivity contribution in [3.05, 3.63) is 48.9 Å². The van der Waals surface area contributed by atoms with Crippen LogP contribution in [0.3, 0.4) is 0 Å². The molecule has 0 amide bonds. The minimum absolute atomic E-state index is 0.159. The van der Waals surface area contributed by atoms with E-state index in [4.69, 9.17) is 0 Å². The van der Waals surface area contributed by atoms with E-state index in [0.717, 1.165) is 0 Å². The summed E-state index contributed by atoms with van der Waals surface area (Å²) in [7, 11) is 0. The predicted molar refractivity (Wildman–Crippen MR) is 60.8 cm³/mol. The lowest BCUT2D eigenvalue weighted by Crippen LogP contribution is -2.18. The van der Waals surface area contributed by atoms with Crippen molar-refractivity contribution in [2.45, 2.75) is 25.6 Å². The first-order valence-electron chi connectivity index (χ1n) is 5.22. The average Bonchev–Trinajstić information content (AvgIpc) is 2.25. The summed E-state index contributed by atoms with van der Waals surface area (Å²) in [6, 6.07) is 4.57. The minimum atomic E-state index is -4.67. The molecule has 0 aliphatic carbocycles. The van der Waals surface area contributed by atoms with E-state index in [0.29, 0.717) is 17.5 Å². The maximum absolute atomic E-state index is 12.2. The number of ether oxygens (including phenoxy) is 1. The number of halogens is 3. The van der Waals surface area contributed by atoms with Crippen molar-refractivity contribution in [3.8, 4) is 5.75 Å². The Morgan fingerprint density at radius 2 is 2.06 bits per heavy atom. The molecule has 0 saturated carbocycles. The summed E-state index contributed by atoms with van der Waals surface area (Å²) in [6.07, 6.45) is -2.64. The second-order valence-corrected chi connectivity index (χ2v) is 3.57. The largest absolute Gasteiger partial charge is 0.573 e. The SMILES string of the molecule is [CH2]C(C=C)c1cccc(OC(F)(F)F)c1CC. The molecular weight excluding hydrogens is 229 g/mol. The maximum Gasteiger partial charge on any atom is 0.573 e. The lowest BCUT2D eigenvalue weighted by molar-refractivity contribution is -0.274. The van der Waals surface area contributed by atoms with Gasteiger partial charge in [-0.25, -0.2) is 0 Å². The number of rotatable bonds is 4. The molecule has 0 aromatic heterocycles. The Balaban J connectivity index is 3.18. The van der Waals surface area contributed by atoms with Crippen molar-refractivity contribution < 1.29 is 17.9 Å². The van der Waals surface area contributed by atoms with Crippen LogP contribution in [-0.2, 0) is 6.42 Å². The zero-order valence-electron chi connectivity index (χ0n) is 9.55. The van der Waals surface area contributed by atoms with Crippen LogP contribution in [0.1, 0.15) is 24.0 Å². The monoisotopic (exact) mass is 243 g/mol. The van der Waals surface area contributed by atoms with Crippen LogP contribution >= 0.6 is 0 Å². The standard InChI is InChI=1S/C13H14F3O/c1-4-9(3)11-7-6-8-12(10(11)5-2)17-13(14,15)16/h4,6-9H,1,3,5H2,2H3. The molecule has 1 rings (SSSR count). The maximum atomic E-state index is 12.2. The molecule has 0 aliphatic rings. The van der Waals surface area contributed by atoms with Gasteiger partial charge in [-0.15, -0.1) is 19.8 Å². The van der Waals surface area contributed by atoms with Gasteiger partial charge >= 0.3 is 6.36 Å². The predicted octanol–water partition coefficient (Wildman–Crippen LogP) is 4.25. The first kappa shape index (κ1) is 13.6. The summed E-state index contributed by atoms with van der Waals surface area (Å²) in [4.78, 5) is 0. The topological polar surface area (TPSA) is 9.23 Å². The van der Waals surface area contributed by atoms with Crippen molar-refractivity contribution in [3.63, 3.8) is 0 Å². The van der Waals surface area contributed by atoms with E-state index in [1.807, 2.05) is 0 Å². The molecule has 0 fully saturated rings. The molecular formula is C13H14F3O. The quantitative estimate of drug-likeness (QED) is 0.718. The van der Waals surface area contributed by atoms with Gasteiger partial charge in [-0.1, -0.05) is 25.1 Å². The fourth-order valence-corrected chi connectivity index (χ4v) is 1.66. The lowest BCUT2D eigenvalue weighted by atomic mass is 9.94. The van der Waals surface area contributed by atoms with E-state index < -0.39 is 6.36 Å². The van der Waals surface area contributed by atoms with Crippen molar-refractivity contribution >= 4 is 0 Å². The second-order valence-electron chi connectivity index (χ2n) is 3.57. The first-order chi connectivity index (χ1) is 7.89. The Bertz CT molecular complexity index is 396. The molecule has 4 heteroatoms. The van der Waals surface area contributed by atoms with Crippen LogP contribution in [0.4, 0.5) is 13.2 Å². The number of hydrogen-bond donors (Lipinski definition) is 0. The van der Waals surface area contributed by atoms with E-state index in [1.165, 1.54) is 12.1 Å². The van der Waals surface area contributed by atoms with E-state index in [1.54, 1.807) is 19.1 Å². The van der Waals surface area contributed by atoms with Crippen LogP contribution in [0.5, 0.6) is 5.75 Å². The molecule has 0 saturated heterocycles. The van der Waals surface area contributed by atoms with E-state index >= 15 is 0 Å². The third kappa shape index (κ3) is 3.51. The molecule has 1 radical (unpaired) electrons. The van der Waals surface area contributed by atoms with Gasteiger partial charge in [-0.05, 0) is 30.5 Å². The Kier molecular flexibility index (Phi) is 4.21. The molecule has 1 unspecified atom stereocenters. The van der Waals surface area contributed by atoms with E-state index in [9.17, 15) is 13.2 Å². The Labute approximate surface area is 98.9 Å². The zero-order valence-corrected chi connectivity index (χ0v) is 9.55. The molecule has 0 heterocycles. The normalized spacial score (nSPS) is 13.2. The third-order valence-corrected chi connectivity index (χ3v) is 2.43. The highest BCUT2D eigenvalue weighted by Gasteiger charge is 2.32. The molecule has 1 aromatic carbocycles. The smallest absolute Gasteiger partial charge is 0.405 e. The summed E-state index contributed by atoms with van der Waals surface area (Å²) in [5, 5.41) is 0.